The van der Waals surface area contributed by atoms with Gasteiger partial charge in [0.05, 0.1) is 19.8 Å². The van der Waals surface area contributed by atoms with Gasteiger partial charge in [0.1, 0.15) is 6.10 Å². The quantitative estimate of drug-likeness (QED) is 0.0383. The third-order valence-corrected chi connectivity index (χ3v) is 9.26. The third-order valence-electron chi connectivity index (χ3n) is 8.27. The van der Waals surface area contributed by atoms with Crippen molar-refractivity contribution in [3.8, 4) is 0 Å². The van der Waals surface area contributed by atoms with E-state index in [2.05, 4.69) is 13.8 Å². The Morgan fingerprint density at radius 1 is 0.578 bits per heavy atom. The molecule has 3 N–H and O–H groups in total. The number of ether oxygens (including phenoxy) is 2. The van der Waals surface area contributed by atoms with Crippen LogP contribution in [0.15, 0.2) is 0 Å². The summed E-state index contributed by atoms with van der Waals surface area (Å²) >= 11 is 0. The fourth-order valence-electron chi connectivity index (χ4n) is 5.47. The number of hydrogen-bond donors (Lipinski definition) is 2. The molecule has 9 heteroatoms. The Balaban J connectivity index is 3.83. The summed E-state index contributed by atoms with van der Waals surface area (Å²) in [7, 11) is -4.25. The molecule has 45 heavy (non-hydrogen) atoms. The highest BCUT2D eigenvalue weighted by Crippen LogP contribution is 2.43. The van der Waals surface area contributed by atoms with Crippen molar-refractivity contribution >= 4 is 13.8 Å². The number of phosphoric ester groups is 1. The van der Waals surface area contributed by atoms with Crippen molar-refractivity contribution in [3.63, 3.8) is 0 Å². The monoisotopic (exact) mass is 664 g/mol. The fraction of sp³-hybridized carbons (Fsp3) is 0.972. The van der Waals surface area contributed by atoms with Crippen LogP contribution in [-0.2, 0) is 27.9 Å². The van der Waals surface area contributed by atoms with Gasteiger partial charge in [0, 0.05) is 19.6 Å². The molecule has 0 aliphatic carbocycles. The molecule has 0 bridgehead atoms. The number of phosphoric acid groups is 1. The van der Waals surface area contributed by atoms with E-state index >= 15 is 0 Å². The smallest absolute Gasteiger partial charge is 0.457 e. The van der Waals surface area contributed by atoms with E-state index in [1.165, 1.54) is 135 Å². The lowest BCUT2D eigenvalue weighted by atomic mass is 10.0. The Labute approximate surface area is 278 Å². The SMILES string of the molecule is CCCCCCCCCCCCCCCCCCCCCCOCC(COP(=O)(O)OCCN)OC(=O)CCCCCCCC. The molecule has 2 unspecified atom stereocenters. The van der Waals surface area contributed by atoms with Crippen LogP contribution in [-0.4, -0.2) is 49.9 Å². The van der Waals surface area contributed by atoms with Gasteiger partial charge in [-0.3, -0.25) is 13.8 Å². The van der Waals surface area contributed by atoms with E-state index < -0.39 is 13.9 Å². The fourth-order valence-corrected chi connectivity index (χ4v) is 6.23. The molecule has 8 nitrogen and oxygen atoms in total. The zero-order valence-corrected chi connectivity index (χ0v) is 30.5. The summed E-state index contributed by atoms with van der Waals surface area (Å²) in [6.07, 6.45) is 32.9. The molecule has 0 heterocycles. The van der Waals surface area contributed by atoms with Crippen LogP contribution in [0.5, 0.6) is 0 Å². The Morgan fingerprint density at radius 2 is 0.978 bits per heavy atom. The molecule has 0 aromatic carbocycles. The van der Waals surface area contributed by atoms with E-state index in [9.17, 15) is 14.3 Å². The summed E-state index contributed by atoms with van der Waals surface area (Å²) in [5, 5.41) is 0. The zero-order chi connectivity index (χ0) is 33.1. The predicted octanol–water partition coefficient (Wildman–Crippen LogP) is 10.6. The van der Waals surface area contributed by atoms with Gasteiger partial charge >= 0.3 is 13.8 Å². The van der Waals surface area contributed by atoms with Crippen molar-refractivity contribution in [1.29, 1.82) is 0 Å². The van der Waals surface area contributed by atoms with Gasteiger partial charge in [0.2, 0.25) is 0 Å². The maximum Gasteiger partial charge on any atom is 0.472 e. The number of carbonyl (C=O) groups excluding carboxylic acids is 1. The molecule has 0 amide bonds. The van der Waals surface area contributed by atoms with Crippen LogP contribution in [0.4, 0.5) is 0 Å². The van der Waals surface area contributed by atoms with Crippen LogP contribution in [0.1, 0.15) is 187 Å². The van der Waals surface area contributed by atoms with Crippen LogP contribution < -0.4 is 5.73 Å². The summed E-state index contributed by atoms with van der Waals surface area (Å²) in [5.74, 6) is -0.336. The average molecular weight is 664 g/mol. The normalized spacial score (nSPS) is 13.6. The number of carbonyl (C=O) groups is 1. The molecule has 0 radical (unpaired) electrons. The second-order valence-electron chi connectivity index (χ2n) is 12.8. The molecule has 0 saturated heterocycles. The zero-order valence-electron chi connectivity index (χ0n) is 29.6. The van der Waals surface area contributed by atoms with E-state index in [0.29, 0.717) is 13.0 Å². The van der Waals surface area contributed by atoms with E-state index in [4.69, 9.17) is 24.3 Å². The molecule has 270 valence electrons. The van der Waals surface area contributed by atoms with Crippen molar-refractivity contribution in [1.82, 2.24) is 0 Å². The highest BCUT2D eigenvalue weighted by atomic mass is 31.2. The van der Waals surface area contributed by atoms with E-state index in [1.807, 2.05) is 0 Å². The minimum Gasteiger partial charge on any atom is -0.457 e. The topological polar surface area (TPSA) is 117 Å². The molecule has 0 aromatic heterocycles. The van der Waals surface area contributed by atoms with Gasteiger partial charge < -0.3 is 20.1 Å². The highest BCUT2D eigenvalue weighted by Gasteiger charge is 2.25. The summed E-state index contributed by atoms with van der Waals surface area (Å²) in [5.41, 5.74) is 5.33. The number of hydrogen-bond acceptors (Lipinski definition) is 7. The molecule has 0 saturated carbocycles. The van der Waals surface area contributed by atoms with E-state index in [0.717, 1.165) is 32.1 Å². The van der Waals surface area contributed by atoms with Crippen molar-refractivity contribution in [3.05, 3.63) is 0 Å². The maximum atomic E-state index is 12.3. The van der Waals surface area contributed by atoms with Gasteiger partial charge in [-0.05, 0) is 12.8 Å². The summed E-state index contributed by atoms with van der Waals surface area (Å²) in [6.45, 7) is 4.89. The minimum atomic E-state index is -4.25. The molecular formula is C36H74NO7P. The van der Waals surface area contributed by atoms with Crippen LogP contribution in [0.25, 0.3) is 0 Å². The number of unbranched alkanes of at least 4 members (excludes halogenated alkanes) is 24. The molecule has 0 aliphatic heterocycles. The highest BCUT2D eigenvalue weighted by molar-refractivity contribution is 7.47. The first-order chi connectivity index (χ1) is 21.9. The molecule has 0 aromatic rings. The van der Waals surface area contributed by atoms with Gasteiger partial charge in [0.15, 0.2) is 0 Å². The standard InChI is InChI=1S/C36H74NO7P/c1-3-5-7-9-11-12-13-14-15-16-17-18-19-20-21-22-23-24-26-28-31-41-33-35(34-43-45(39,40)42-32-30-37)44-36(38)29-27-25-10-8-6-4-2/h35H,3-34,37H2,1-2H3,(H,39,40). The number of nitrogens with two attached hydrogens (primary N) is 1. The van der Waals surface area contributed by atoms with Gasteiger partial charge in [-0.1, -0.05) is 168 Å². The van der Waals surface area contributed by atoms with E-state index in [-0.39, 0.29) is 32.3 Å². The van der Waals surface area contributed by atoms with E-state index in [1.54, 1.807) is 0 Å². The molecule has 0 aliphatic rings. The third kappa shape index (κ3) is 34.6. The van der Waals surface area contributed by atoms with Crippen molar-refractivity contribution < 1.29 is 32.8 Å². The Morgan fingerprint density at radius 3 is 1.40 bits per heavy atom. The van der Waals surface area contributed by atoms with Crippen LogP contribution in [0.3, 0.4) is 0 Å². The number of esters is 1. The summed E-state index contributed by atoms with van der Waals surface area (Å²) in [6, 6.07) is 0. The molecule has 0 spiro atoms. The first-order valence-electron chi connectivity index (χ1n) is 19.0. The lowest BCUT2D eigenvalue weighted by Crippen LogP contribution is -2.28. The molecule has 0 rings (SSSR count). The average Bonchev–Trinajstić information content (AvgIpc) is 3.03. The van der Waals surface area contributed by atoms with Gasteiger partial charge in [-0.25, -0.2) is 4.57 Å². The molecule has 0 fully saturated rings. The Kier molecular flexibility index (Phi) is 34.4. The lowest BCUT2D eigenvalue weighted by molar-refractivity contribution is -0.154. The van der Waals surface area contributed by atoms with Gasteiger partial charge in [-0.15, -0.1) is 0 Å². The van der Waals surface area contributed by atoms with Crippen molar-refractivity contribution in [2.24, 2.45) is 5.73 Å². The van der Waals surface area contributed by atoms with Crippen LogP contribution in [0, 0.1) is 0 Å². The Hall–Kier alpha value is -0.500. The maximum absolute atomic E-state index is 12.3. The molecule has 2 atom stereocenters. The molecular weight excluding hydrogens is 589 g/mol. The lowest BCUT2D eigenvalue weighted by Gasteiger charge is -2.20. The van der Waals surface area contributed by atoms with Crippen LogP contribution in [0.2, 0.25) is 0 Å². The first kappa shape index (κ1) is 44.5. The Bertz CT molecular complexity index is 667. The van der Waals surface area contributed by atoms with Crippen LogP contribution >= 0.6 is 7.82 Å². The van der Waals surface area contributed by atoms with Crippen molar-refractivity contribution in [2.75, 3.05) is 33.0 Å². The largest absolute Gasteiger partial charge is 0.472 e. The second-order valence-corrected chi connectivity index (χ2v) is 14.3. The predicted molar refractivity (Wildman–Crippen MR) is 187 cm³/mol. The van der Waals surface area contributed by atoms with Crippen molar-refractivity contribution in [2.45, 2.75) is 193 Å². The second kappa shape index (κ2) is 34.8. The minimum absolute atomic E-state index is 0.0911. The summed E-state index contributed by atoms with van der Waals surface area (Å²) < 4.78 is 33.1. The van der Waals surface area contributed by atoms with Gasteiger partial charge in [0.25, 0.3) is 0 Å². The first-order valence-corrected chi connectivity index (χ1v) is 20.5. The number of rotatable bonds is 37. The summed E-state index contributed by atoms with van der Waals surface area (Å²) in [4.78, 5) is 22.1. The van der Waals surface area contributed by atoms with Gasteiger partial charge in [-0.2, -0.15) is 0 Å².